The first kappa shape index (κ1) is 20.2. The van der Waals surface area contributed by atoms with Crippen LogP contribution in [0, 0.1) is 5.92 Å². The molecule has 1 aromatic rings. The number of primary amides is 1. The van der Waals surface area contributed by atoms with E-state index in [1.807, 2.05) is 0 Å². The standard InChI is InChI=1S/C18H20N6O5S/c1-18(3-4-18)22-30(28,29)11-5-12(15(19)25)14-13(6-11)16(26)24(17(27)21-14)9-10-7-20-23(2)8-10/h5-8,12,22H,3-4,9H2,1-2H3,(H2,19,25). The van der Waals surface area contributed by atoms with Gasteiger partial charge in [-0.25, -0.2) is 17.9 Å². The van der Waals surface area contributed by atoms with Gasteiger partial charge in [-0.1, -0.05) is 0 Å². The maximum atomic E-state index is 13.1. The molecule has 4 amide bonds. The number of amides is 4. The van der Waals surface area contributed by atoms with E-state index in [0.717, 1.165) is 17.1 Å². The van der Waals surface area contributed by atoms with Gasteiger partial charge in [-0.05, 0) is 31.9 Å². The molecule has 1 fully saturated rings. The molecule has 0 saturated heterocycles. The SMILES string of the molecule is Cn1cc(CN2C(=O)N=C3C(=CC(S(=O)(=O)NC4(C)CC4)=CC3C(N)=O)C2=O)cn1. The Bertz CT molecular complexity index is 1170. The summed E-state index contributed by atoms with van der Waals surface area (Å²) in [6.45, 7) is 1.67. The minimum atomic E-state index is -4.00. The summed E-state index contributed by atoms with van der Waals surface area (Å²) < 4.78 is 29.7. The first-order valence-corrected chi connectivity index (χ1v) is 10.7. The molecule has 1 atom stereocenters. The van der Waals surface area contributed by atoms with Gasteiger partial charge >= 0.3 is 6.03 Å². The van der Waals surface area contributed by atoms with E-state index in [1.54, 1.807) is 20.2 Å². The number of fused-ring (bicyclic) bond motifs is 1. The molecule has 1 aliphatic heterocycles. The number of hydrogen-bond donors (Lipinski definition) is 2. The van der Waals surface area contributed by atoms with Crippen molar-refractivity contribution in [3.05, 3.63) is 40.6 Å². The molecular formula is C18H20N6O5S. The number of rotatable bonds is 6. The van der Waals surface area contributed by atoms with E-state index in [1.165, 1.54) is 10.9 Å². The van der Waals surface area contributed by atoms with Crippen molar-refractivity contribution < 1.29 is 22.8 Å². The second-order valence-electron chi connectivity index (χ2n) is 7.87. The van der Waals surface area contributed by atoms with Crippen LogP contribution in [0.3, 0.4) is 0 Å². The molecule has 3 N–H and O–H groups in total. The lowest BCUT2D eigenvalue weighted by Gasteiger charge is -2.29. The summed E-state index contributed by atoms with van der Waals surface area (Å²) >= 11 is 0. The number of aliphatic imine (C=N–C) groups is 1. The summed E-state index contributed by atoms with van der Waals surface area (Å²) in [7, 11) is -2.31. The van der Waals surface area contributed by atoms with Crippen molar-refractivity contribution in [2.45, 2.75) is 31.8 Å². The minimum Gasteiger partial charge on any atom is -0.369 e. The Balaban J connectivity index is 1.73. The lowest BCUT2D eigenvalue weighted by atomic mass is 9.89. The number of carbonyl (C=O) groups is 3. The fraction of sp³-hybridized carbons (Fsp3) is 0.389. The van der Waals surface area contributed by atoms with E-state index in [9.17, 15) is 22.8 Å². The van der Waals surface area contributed by atoms with Crippen LogP contribution in [0.1, 0.15) is 25.3 Å². The topological polar surface area (TPSA) is 157 Å². The number of urea groups is 1. The molecule has 158 valence electrons. The average molecular weight is 432 g/mol. The third-order valence-corrected chi connectivity index (χ3v) is 6.84. The Kier molecular flexibility index (Phi) is 4.51. The summed E-state index contributed by atoms with van der Waals surface area (Å²) in [6.07, 6.45) is 6.77. The van der Waals surface area contributed by atoms with Crippen molar-refractivity contribution >= 4 is 33.6 Å². The molecule has 0 aromatic carbocycles. The van der Waals surface area contributed by atoms with Crippen LogP contribution in [0.15, 0.2) is 40.0 Å². The van der Waals surface area contributed by atoms with E-state index in [0.29, 0.717) is 18.4 Å². The maximum absolute atomic E-state index is 13.1. The van der Waals surface area contributed by atoms with Crippen molar-refractivity contribution in [2.75, 3.05) is 0 Å². The Labute approximate surface area is 172 Å². The maximum Gasteiger partial charge on any atom is 0.351 e. The number of sulfonamides is 1. The number of allylic oxidation sites excluding steroid dienone is 1. The molecule has 2 heterocycles. The normalized spacial score (nSPS) is 22.8. The van der Waals surface area contributed by atoms with E-state index >= 15 is 0 Å². The number of carbonyl (C=O) groups excluding carboxylic acids is 3. The lowest BCUT2D eigenvalue weighted by molar-refractivity contribution is -0.124. The molecule has 1 saturated carbocycles. The molecule has 0 bridgehead atoms. The van der Waals surface area contributed by atoms with Crippen LogP contribution >= 0.6 is 0 Å². The van der Waals surface area contributed by atoms with Crippen LogP contribution in [0.25, 0.3) is 0 Å². The highest BCUT2D eigenvalue weighted by molar-refractivity contribution is 7.93. The van der Waals surface area contributed by atoms with Crippen LogP contribution < -0.4 is 10.5 Å². The molecule has 1 aromatic heterocycles. The van der Waals surface area contributed by atoms with Gasteiger partial charge in [0, 0.05) is 24.3 Å². The van der Waals surface area contributed by atoms with Gasteiger partial charge < -0.3 is 5.73 Å². The third kappa shape index (κ3) is 3.59. The Morgan fingerprint density at radius 3 is 2.63 bits per heavy atom. The Morgan fingerprint density at radius 1 is 1.37 bits per heavy atom. The average Bonchev–Trinajstić information content (AvgIpc) is 3.22. The van der Waals surface area contributed by atoms with E-state index in [-0.39, 0.29) is 22.7 Å². The summed E-state index contributed by atoms with van der Waals surface area (Å²) in [4.78, 5) is 42.0. The van der Waals surface area contributed by atoms with Gasteiger partial charge in [-0.2, -0.15) is 10.1 Å². The van der Waals surface area contributed by atoms with Crippen molar-refractivity contribution in [3.8, 4) is 0 Å². The number of nitrogens with two attached hydrogens (primary N) is 1. The smallest absolute Gasteiger partial charge is 0.351 e. The van der Waals surface area contributed by atoms with Gasteiger partial charge in [0.05, 0.1) is 28.9 Å². The van der Waals surface area contributed by atoms with Crippen molar-refractivity contribution in [3.63, 3.8) is 0 Å². The number of hydrogen-bond acceptors (Lipinski definition) is 6. The van der Waals surface area contributed by atoms with Crippen molar-refractivity contribution in [1.29, 1.82) is 0 Å². The zero-order chi connectivity index (χ0) is 21.8. The molecule has 12 heteroatoms. The first-order chi connectivity index (χ1) is 14.0. The fourth-order valence-corrected chi connectivity index (χ4v) is 4.86. The van der Waals surface area contributed by atoms with Crippen LogP contribution in [0.4, 0.5) is 4.79 Å². The van der Waals surface area contributed by atoms with Crippen molar-refractivity contribution in [2.24, 2.45) is 23.7 Å². The Hall–Kier alpha value is -3.12. The lowest BCUT2D eigenvalue weighted by Crippen LogP contribution is -2.47. The number of nitrogens with zero attached hydrogens (tertiary/aromatic N) is 4. The Morgan fingerprint density at radius 2 is 2.07 bits per heavy atom. The molecule has 0 spiro atoms. The molecule has 0 radical (unpaired) electrons. The number of imide groups is 1. The van der Waals surface area contributed by atoms with Crippen LogP contribution in [0.5, 0.6) is 0 Å². The highest BCUT2D eigenvalue weighted by Gasteiger charge is 2.44. The zero-order valence-electron chi connectivity index (χ0n) is 16.3. The van der Waals surface area contributed by atoms with Gasteiger partial charge in [0.1, 0.15) is 5.92 Å². The summed E-state index contributed by atoms with van der Waals surface area (Å²) in [5.41, 5.74) is 5.17. The van der Waals surface area contributed by atoms with Crippen LogP contribution in [0.2, 0.25) is 0 Å². The monoisotopic (exact) mass is 432 g/mol. The molecule has 4 rings (SSSR count). The molecule has 1 unspecified atom stereocenters. The van der Waals surface area contributed by atoms with Gasteiger partial charge in [0.15, 0.2) is 0 Å². The van der Waals surface area contributed by atoms with E-state index in [4.69, 9.17) is 5.73 Å². The van der Waals surface area contributed by atoms with Gasteiger partial charge in [0.25, 0.3) is 5.91 Å². The minimum absolute atomic E-state index is 0.0943. The van der Waals surface area contributed by atoms with Gasteiger partial charge in [-0.15, -0.1) is 0 Å². The van der Waals surface area contributed by atoms with Gasteiger partial charge in [0.2, 0.25) is 15.9 Å². The van der Waals surface area contributed by atoms with Crippen LogP contribution in [-0.4, -0.2) is 52.2 Å². The molecular weight excluding hydrogens is 412 g/mol. The highest BCUT2D eigenvalue weighted by Crippen LogP contribution is 2.37. The summed E-state index contributed by atoms with van der Waals surface area (Å²) in [5, 5.41) is 3.99. The third-order valence-electron chi connectivity index (χ3n) is 5.21. The first-order valence-electron chi connectivity index (χ1n) is 9.18. The summed E-state index contributed by atoms with van der Waals surface area (Å²) in [5.74, 6) is -2.97. The predicted octanol–water partition coefficient (Wildman–Crippen LogP) is -0.279. The van der Waals surface area contributed by atoms with E-state index < -0.39 is 39.3 Å². The molecule has 11 nitrogen and oxygen atoms in total. The second-order valence-corrected chi connectivity index (χ2v) is 9.55. The molecule has 30 heavy (non-hydrogen) atoms. The number of aromatic nitrogens is 2. The fourth-order valence-electron chi connectivity index (χ4n) is 3.30. The zero-order valence-corrected chi connectivity index (χ0v) is 17.1. The highest BCUT2D eigenvalue weighted by atomic mass is 32.2. The quantitative estimate of drug-likeness (QED) is 0.629. The van der Waals surface area contributed by atoms with E-state index in [2.05, 4.69) is 14.8 Å². The largest absolute Gasteiger partial charge is 0.369 e. The number of aryl methyl sites for hydroxylation is 1. The van der Waals surface area contributed by atoms with Gasteiger partial charge in [-0.3, -0.25) is 19.2 Å². The summed E-state index contributed by atoms with van der Waals surface area (Å²) in [6, 6.07) is -0.856. The molecule has 3 aliphatic rings. The molecule has 2 aliphatic carbocycles. The number of nitrogens with one attached hydrogen (secondary N) is 1. The van der Waals surface area contributed by atoms with Crippen LogP contribution in [-0.2, 0) is 33.2 Å². The second kappa shape index (κ2) is 6.71. The van der Waals surface area contributed by atoms with Crippen molar-refractivity contribution in [1.82, 2.24) is 19.4 Å². The predicted molar refractivity (Wildman–Crippen MR) is 105 cm³/mol.